The lowest BCUT2D eigenvalue weighted by Gasteiger charge is -2.24. The monoisotopic (exact) mass is 495 g/mol. The lowest BCUT2D eigenvalue weighted by atomic mass is 9.91. The van der Waals surface area contributed by atoms with Crippen LogP contribution in [0.5, 0.6) is 5.75 Å². The van der Waals surface area contributed by atoms with E-state index in [2.05, 4.69) is 0 Å². The second-order valence-electron chi connectivity index (χ2n) is 9.20. The van der Waals surface area contributed by atoms with Gasteiger partial charge < -0.3 is 14.7 Å². The fourth-order valence-electron chi connectivity index (χ4n) is 4.48. The van der Waals surface area contributed by atoms with Crippen LogP contribution in [0.1, 0.15) is 29.2 Å². The smallest absolute Gasteiger partial charge is 0.323 e. The molecule has 0 radical (unpaired) electrons. The van der Waals surface area contributed by atoms with E-state index in [0.29, 0.717) is 36.4 Å². The zero-order chi connectivity index (χ0) is 25.0. The van der Waals surface area contributed by atoms with Crippen molar-refractivity contribution in [3.63, 3.8) is 0 Å². The molecule has 1 aliphatic heterocycles. The van der Waals surface area contributed by atoms with Crippen LogP contribution in [-0.2, 0) is 35.3 Å². The van der Waals surface area contributed by atoms with Crippen molar-refractivity contribution >= 4 is 23.5 Å². The van der Waals surface area contributed by atoms with Crippen LogP contribution in [0.15, 0.2) is 66.7 Å². The van der Waals surface area contributed by atoms with Gasteiger partial charge in [0, 0.05) is 24.4 Å². The summed E-state index contributed by atoms with van der Waals surface area (Å²) in [5, 5.41) is 9.93. The number of carboxylic acid groups (broad SMARTS) is 1. The largest absolute Gasteiger partial charge is 0.487 e. The van der Waals surface area contributed by atoms with Gasteiger partial charge in [0.05, 0.1) is 6.42 Å². The Hall–Kier alpha value is -3.38. The first-order valence-electron chi connectivity index (χ1n) is 11.5. The van der Waals surface area contributed by atoms with E-state index in [1.807, 2.05) is 43.3 Å². The van der Waals surface area contributed by atoms with E-state index in [9.17, 15) is 19.1 Å². The molecule has 1 unspecified atom stereocenters. The molecule has 0 saturated heterocycles. The van der Waals surface area contributed by atoms with Gasteiger partial charge in [-0.2, -0.15) is 0 Å². The number of hydrogen-bond donors (Lipinski definition) is 1. The molecule has 0 saturated carbocycles. The van der Waals surface area contributed by atoms with Crippen molar-refractivity contribution in [2.75, 3.05) is 13.1 Å². The first kappa shape index (κ1) is 24.7. The summed E-state index contributed by atoms with van der Waals surface area (Å²) < 4.78 is 20.3. The Morgan fingerprint density at radius 1 is 1.09 bits per heavy atom. The molecule has 7 heteroatoms. The SMILES string of the molecule is CC1(Cc2ccccc2F)Cc2cc(CC(=O)N(CCc3ccc(Cl)cc3)CC(=O)O)ccc2O1. The summed E-state index contributed by atoms with van der Waals surface area (Å²) in [5.74, 6) is -0.836. The number of hydrogen-bond acceptors (Lipinski definition) is 3. The van der Waals surface area contributed by atoms with Crippen LogP contribution in [0.2, 0.25) is 5.02 Å². The molecule has 3 aromatic carbocycles. The molecule has 3 aromatic rings. The fraction of sp³-hybridized carbons (Fsp3) is 0.286. The highest BCUT2D eigenvalue weighted by atomic mass is 35.5. The summed E-state index contributed by atoms with van der Waals surface area (Å²) in [5.41, 5.74) is 2.74. The minimum Gasteiger partial charge on any atom is -0.487 e. The van der Waals surface area contributed by atoms with E-state index in [1.54, 1.807) is 24.3 Å². The zero-order valence-electron chi connectivity index (χ0n) is 19.5. The molecule has 0 spiro atoms. The van der Waals surface area contributed by atoms with Crippen molar-refractivity contribution in [2.24, 2.45) is 0 Å². The maximum Gasteiger partial charge on any atom is 0.323 e. The van der Waals surface area contributed by atoms with Crippen molar-refractivity contribution in [1.82, 2.24) is 4.90 Å². The van der Waals surface area contributed by atoms with Crippen molar-refractivity contribution in [3.8, 4) is 5.75 Å². The Morgan fingerprint density at radius 2 is 1.80 bits per heavy atom. The summed E-state index contributed by atoms with van der Waals surface area (Å²) >= 11 is 5.92. The summed E-state index contributed by atoms with van der Waals surface area (Å²) in [4.78, 5) is 25.7. The Balaban J connectivity index is 1.42. The predicted molar refractivity (Wildman–Crippen MR) is 132 cm³/mol. The summed E-state index contributed by atoms with van der Waals surface area (Å²) in [6.45, 7) is 1.89. The van der Waals surface area contributed by atoms with E-state index < -0.39 is 11.6 Å². The van der Waals surface area contributed by atoms with Crippen LogP contribution < -0.4 is 4.74 Å². The first-order valence-corrected chi connectivity index (χ1v) is 11.9. The van der Waals surface area contributed by atoms with Crippen molar-refractivity contribution < 1.29 is 23.8 Å². The number of ether oxygens (including phenoxy) is 1. The van der Waals surface area contributed by atoms with Crippen LogP contribution in [0.4, 0.5) is 4.39 Å². The van der Waals surface area contributed by atoms with E-state index in [4.69, 9.17) is 16.3 Å². The molecule has 35 heavy (non-hydrogen) atoms. The number of fused-ring (bicyclic) bond motifs is 1. The molecule has 4 rings (SSSR count). The number of nitrogens with zero attached hydrogens (tertiary/aromatic N) is 1. The van der Waals surface area contributed by atoms with Gasteiger partial charge >= 0.3 is 5.97 Å². The molecule has 1 aliphatic rings. The molecule has 0 fully saturated rings. The average molecular weight is 496 g/mol. The van der Waals surface area contributed by atoms with Crippen molar-refractivity contribution in [2.45, 2.75) is 38.2 Å². The third kappa shape index (κ3) is 6.40. The Bertz CT molecular complexity index is 1230. The normalized spacial score (nSPS) is 16.4. The van der Waals surface area contributed by atoms with Crippen molar-refractivity contribution in [1.29, 1.82) is 0 Å². The highest BCUT2D eigenvalue weighted by Gasteiger charge is 2.35. The number of carbonyl (C=O) groups excluding carboxylic acids is 1. The third-order valence-corrected chi connectivity index (χ3v) is 6.44. The van der Waals surface area contributed by atoms with Gasteiger partial charge in [0.15, 0.2) is 0 Å². The minimum absolute atomic E-state index is 0.0885. The number of rotatable bonds is 9. The van der Waals surface area contributed by atoms with E-state index in [1.165, 1.54) is 11.0 Å². The number of benzene rings is 3. The Labute approximate surface area is 209 Å². The molecule has 1 atom stereocenters. The minimum atomic E-state index is -1.05. The van der Waals surface area contributed by atoms with Crippen LogP contribution >= 0.6 is 11.6 Å². The maximum absolute atomic E-state index is 14.2. The van der Waals surface area contributed by atoms with E-state index in [0.717, 1.165) is 22.4 Å². The maximum atomic E-state index is 14.2. The molecule has 0 aliphatic carbocycles. The van der Waals surface area contributed by atoms with Gasteiger partial charge in [0.1, 0.15) is 23.7 Å². The van der Waals surface area contributed by atoms with Gasteiger partial charge in [-0.05, 0) is 59.9 Å². The lowest BCUT2D eigenvalue weighted by Crippen LogP contribution is -2.38. The quantitative estimate of drug-likeness (QED) is 0.448. The molecular formula is C28H27ClFNO4. The van der Waals surface area contributed by atoms with E-state index >= 15 is 0 Å². The van der Waals surface area contributed by atoms with Gasteiger partial charge in [-0.25, -0.2) is 4.39 Å². The number of carboxylic acids is 1. The Kier molecular flexibility index (Phi) is 7.41. The predicted octanol–water partition coefficient (Wildman–Crippen LogP) is 5.11. The van der Waals surface area contributed by atoms with Gasteiger partial charge in [-0.15, -0.1) is 0 Å². The third-order valence-electron chi connectivity index (χ3n) is 6.19. The van der Waals surface area contributed by atoms with Gasteiger partial charge in [0.25, 0.3) is 0 Å². The summed E-state index contributed by atoms with van der Waals surface area (Å²) in [7, 11) is 0. The molecule has 0 aromatic heterocycles. The molecular weight excluding hydrogens is 469 g/mol. The molecule has 5 nitrogen and oxygen atoms in total. The molecule has 1 N–H and O–H groups in total. The molecule has 1 amide bonds. The molecule has 182 valence electrons. The van der Waals surface area contributed by atoms with Gasteiger partial charge in [0.2, 0.25) is 5.91 Å². The zero-order valence-corrected chi connectivity index (χ0v) is 20.2. The topological polar surface area (TPSA) is 66.8 Å². The highest BCUT2D eigenvalue weighted by molar-refractivity contribution is 6.30. The standard InChI is InChI=1S/C28H27ClFNO4/c1-28(16-21-4-2-3-5-24(21)30)17-22-14-20(8-11-25(22)35-28)15-26(32)31(18-27(33)34)13-12-19-6-9-23(29)10-7-19/h2-11,14H,12-13,15-18H2,1H3,(H,33,34). The first-order chi connectivity index (χ1) is 16.7. The average Bonchev–Trinajstić information content (AvgIpc) is 3.14. The van der Waals surface area contributed by atoms with Gasteiger partial charge in [-0.3, -0.25) is 9.59 Å². The number of halogens is 2. The van der Waals surface area contributed by atoms with Crippen LogP contribution in [0, 0.1) is 5.82 Å². The van der Waals surface area contributed by atoms with Crippen LogP contribution in [0.3, 0.4) is 0 Å². The molecule has 1 heterocycles. The molecule has 0 bridgehead atoms. The van der Waals surface area contributed by atoms with E-state index in [-0.39, 0.29) is 24.7 Å². The number of aliphatic carboxylic acids is 1. The van der Waals surface area contributed by atoms with Crippen LogP contribution in [-0.4, -0.2) is 40.6 Å². The second-order valence-corrected chi connectivity index (χ2v) is 9.64. The number of amides is 1. The van der Waals surface area contributed by atoms with Crippen molar-refractivity contribution in [3.05, 3.63) is 99.8 Å². The summed E-state index contributed by atoms with van der Waals surface area (Å²) in [6, 6.07) is 19.5. The lowest BCUT2D eigenvalue weighted by molar-refractivity contribution is -0.144. The Morgan fingerprint density at radius 3 is 2.51 bits per heavy atom. The fourth-order valence-corrected chi connectivity index (χ4v) is 4.61. The highest BCUT2D eigenvalue weighted by Crippen LogP contribution is 2.38. The second kappa shape index (κ2) is 10.5. The number of carbonyl (C=O) groups is 2. The van der Waals surface area contributed by atoms with Gasteiger partial charge in [-0.1, -0.05) is 54.1 Å². The van der Waals surface area contributed by atoms with Crippen LogP contribution in [0.25, 0.3) is 0 Å². The summed E-state index contributed by atoms with van der Waals surface area (Å²) in [6.07, 6.45) is 1.64.